The number of rotatable bonds is 5. The summed E-state index contributed by atoms with van der Waals surface area (Å²) in [4.78, 5) is 10.8. The highest BCUT2D eigenvalue weighted by Gasteiger charge is 1.97. The van der Waals surface area contributed by atoms with Crippen LogP contribution in [0.3, 0.4) is 0 Å². The highest BCUT2D eigenvalue weighted by atomic mass is 16.2. The highest BCUT2D eigenvalue weighted by Crippen LogP contribution is 1.82. The molecule has 0 spiro atoms. The Kier molecular flexibility index (Phi) is 5.42. The molecule has 0 aliphatic carbocycles. The van der Waals surface area contributed by atoms with E-state index < -0.39 is 0 Å². The average Bonchev–Trinajstić information content (AvgIpc) is 1.97. The summed E-state index contributed by atoms with van der Waals surface area (Å²) in [5.74, 6) is -0.179. The molecule has 0 atom stereocenters. The maximum absolute atomic E-state index is 10.8. The van der Waals surface area contributed by atoms with Gasteiger partial charge in [-0.1, -0.05) is 6.58 Å². The first-order valence-corrected chi connectivity index (χ1v) is 3.57. The van der Waals surface area contributed by atoms with E-state index >= 15 is 0 Å². The topological polar surface area (TPSA) is 67.2 Å². The minimum absolute atomic E-state index is 0.179. The number of hydrazine groups is 1. The van der Waals surface area contributed by atoms with Gasteiger partial charge in [0.15, 0.2) is 0 Å². The van der Waals surface area contributed by atoms with Crippen LogP contribution >= 0.6 is 0 Å². The second kappa shape index (κ2) is 5.88. The van der Waals surface area contributed by atoms with Gasteiger partial charge in [-0.3, -0.25) is 10.2 Å². The average molecular weight is 157 g/mol. The van der Waals surface area contributed by atoms with E-state index in [1.165, 1.54) is 0 Å². The van der Waals surface area contributed by atoms with E-state index in [4.69, 9.17) is 5.73 Å². The van der Waals surface area contributed by atoms with E-state index in [-0.39, 0.29) is 5.91 Å². The Morgan fingerprint density at radius 2 is 2.27 bits per heavy atom. The molecule has 0 saturated carbocycles. The van der Waals surface area contributed by atoms with Crippen LogP contribution in [-0.4, -0.2) is 19.0 Å². The highest BCUT2D eigenvalue weighted by molar-refractivity contribution is 5.91. The molecule has 0 saturated heterocycles. The van der Waals surface area contributed by atoms with Gasteiger partial charge < -0.3 is 5.73 Å². The van der Waals surface area contributed by atoms with Crippen molar-refractivity contribution in [3.8, 4) is 0 Å². The van der Waals surface area contributed by atoms with E-state index in [1.54, 1.807) is 6.92 Å². The molecule has 0 heterocycles. The van der Waals surface area contributed by atoms with E-state index in [1.807, 2.05) is 0 Å². The normalized spacial score (nSPS) is 9.27. The summed E-state index contributed by atoms with van der Waals surface area (Å²) in [6.45, 7) is 6.44. The van der Waals surface area contributed by atoms with Crippen LogP contribution in [0.4, 0.5) is 0 Å². The van der Waals surface area contributed by atoms with Crippen molar-refractivity contribution in [2.75, 3.05) is 13.1 Å². The standard InChI is InChI=1S/C7H15N3O/c1-6(2)7(11)10-9-5-3-4-8/h9H,1,3-5,8H2,2H3,(H,10,11). The predicted octanol–water partition coefficient (Wildman–Crippen LogP) is -0.468. The van der Waals surface area contributed by atoms with Crippen molar-refractivity contribution in [3.05, 3.63) is 12.2 Å². The predicted molar refractivity (Wildman–Crippen MR) is 44.6 cm³/mol. The zero-order chi connectivity index (χ0) is 8.69. The van der Waals surface area contributed by atoms with Gasteiger partial charge in [0.05, 0.1) is 0 Å². The molecular weight excluding hydrogens is 142 g/mol. The van der Waals surface area contributed by atoms with E-state index in [9.17, 15) is 4.79 Å². The van der Waals surface area contributed by atoms with Crippen LogP contribution in [0.25, 0.3) is 0 Å². The Balaban J connectivity index is 3.25. The summed E-state index contributed by atoms with van der Waals surface area (Å²) in [6, 6.07) is 0. The molecule has 0 aliphatic rings. The van der Waals surface area contributed by atoms with Gasteiger partial charge in [-0.25, -0.2) is 5.43 Å². The molecule has 64 valence electrons. The number of nitrogens with one attached hydrogen (secondary N) is 2. The van der Waals surface area contributed by atoms with Crippen LogP contribution in [0.15, 0.2) is 12.2 Å². The van der Waals surface area contributed by atoms with Crippen LogP contribution < -0.4 is 16.6 Å². The zero-order valence-corrected chi connectivity index (χ0v) is 6.81. The summed E-state index contributed by atoms with van der Waals surface area (Å²) < 4.78 is 0. The van der Waals surface area contributed by atoms with Crippen LogP contribution in [0, 0.1) is 0 Å². The van der Waals surface area contributed by atoms with Gasteiger partial charge in [-0.2, -0.15) is 0 Å². The minimum Gasteiger partial charge on any atom is -0.330 e. The van der Waals surface area contributed by atoms with Gasteiger partial charge in [0.1, 0.15) is 0 Å². The quantitative estimate of drug-likeness (QED) is 0.287. The third-order valence-electron chi connectivity index (χ3n) is 1.10. The lowest BCUT2D eigenvalue weighted by Crippen LogP contribution is -2.38. The minimum atomic E-state index is -0.179. The maximum Gasteiger partial charge on any atom is 0.260 e. The molecule has 0 unspecified atom stereocenters. The Morgan fingerprint density at radius 3 is 2.73 bits per heavy atom. The fourth-order valence-corrected chi connectivity index (χ4v) is 0.440. The SMILES string of the molecule is C=C(C)C(=O)NNCCCN. The van der Waals surface area contributed by atoms with Crippen molar-refractivity contribution in [2.24, 2.45) is 5.73 Å². The summed E-state index contributed by atoms with van der Waals surface area (Å²) >= 11 is 0. The van der Waals surface area contributed by atoms with E-state index in [0.29, 0.717) is 18.7 Å². The summed E-state index contributed by atoms with van der Waals surface area (Å²) in [7, 11) is 0. The zero-order valence-electron chi connectivity index (χ0n) is 6.81. The van der Waals surface area contributed by atoms with Gasteiger partial charge in [0.2, 0.25) is 0 Å². The Hall–Kier alpha value is -0.870. The first kappa shape index (κ1) is 10.1. The number of amides is 1. The molecule has 0 aromatic heterocycles. The van der Waals surface area contributed by atoms with Crippen molar-refractivity contribution in [1.29, 1.82) is 0 Å². The number of hydrogen-bond donors (Lipinski definition) is 3. The van der Waals surface area contributed by atoms with Crippen LogP contribution in [-0.2, 0) is 4.79 Å². The first-order chi connectivity index (χ1) is 5.18. The molecule has 0 radical (unpaired) electrons. The van der Waals surface area contributed by atoms with Gasteiger partial charge >= 0.3 is 0 Å². The number of nitrogens with two attached hydrogens (primary N) is 1. The Bertz CT molecular complexity index is 145. The number of carbonyl (C=O) groups excluding carboxylic acids is 1. The summed E-state index contributed by atoms with van der Waals surface area (Å²) in [6.07, 6.45) is 0.844. The van der Waals surface area contributed by atoms with Gasteiger partial charge in [-0.05, 0) is 19.9 Å². The molecule has 0 aromatic carbocycles. The van der Waals surface area contributed by atoms with E-state index in [2.05, 4.69) is 17.4 Å². The van der Waals surface area contributed by atoms with Crippen LogP contribution in [0.2, 0.25) is 0 Å². The van der Waals surface area contributed by atoms with Crippen molar-refractivity contribution in [1.82, 2.24) is 10.9 Å². The second-order valence-corrected chi connectivity index (χ2v) is 2.30. The largest absolute Gasteiger partial charge is 0.330 e. The van der Waals surface area contributed by atoms with Crippen LogP contribution in [0.5, 0.6) is 0 Å². The van der Waals surface area contributed by atoms with Gasteiger partial charge in [0, 0.05) is 12.1 Å². The fraction of sp³-hybridized carbons (Fsp3) is 0.571. The molecule has 11 heavy (non-hydrogen) atoms. The molecule has 0 aliphatic heterocycles. The number of hydrogen-bond acceptors (Lipinski definition) is 3. The monoisotopic (exact) mass is 157 g/mol. The van der Waals surface area contributed by atoms with Crippen LogP contribution in [0.1, 0.15) is 13.3 Å². The third kappa shape index (κ3) is 5.57. The lowest BCUT2D eigenvalue weighted by atomic mass is 10.3. The van der Waals surface area contributed by atoms with Crippen molar-refractivity contribution in [3.63, 3.8) is 0 Å². The molecule has 4 heteroatoms. The molecule has 1 amide bonds. The van der Waals surface area contributed by atoms with Gasteiger partial charge in [0.25, 0.3) is 5.91 Å². The Labute approximate surface area is 66.8 Å². The number of carbonyl (C=O) groups is 1. The lowest BCUT2D eigenvalue weighted by molar-refractivity contribution is -0.118. The summed E-state index contributed by atoms with van der Waals surface area (Å²) in [5, 5.41) is 0. The van der Waals surface area contributed by atoms with E-state index in [0.717, 1.165) is 6.42 Å². The van der Waals surface area contributed by atoms with Crippen molar-refractivity contribution >= 4 is 5.91 Å². The van der Waals surface area contributed by atoms with Gasteiger partial charge in [-0.15, -0.1) is 0 Å². The molecule has 0 aromatic rings. The third-order valence-corrected chi connectivity index (χ3v) is 1.10. The molecule has 0 fully saturated rings. The molecule has 4 N–H and O–H groups in total. The molecule has 0 bridgehead atoms. The molecule has 0 rings (SSSR count). The van der Waals surface area contributed by atoms with Crippen molar-refractivity contribution < 1.29 is 4.79 Å². The second-order valence-electron chi connectivity index (χ2n) is 2.30. The summed E-state index contributed by atoms with van der Waals surface area (Å²) in [5.41, 5.74) is 10.9. The maximum atomic E-state index is 10.8. The molecule has 4 nitrogen and oxygen atoms in total. The molecular formula is C7H15N3O. The smallest absolute Gasteiger partial charge is 0.260 e. The fourth-order valence-electron chi connectivity index (χ4n) is 0.440. The van der Waals surface area contributed by atoms with Crippen molar-refractivity contribution in [2.45, 2.75) is 13.3 Å². The first-order valence-electron chi connectivity index (χ1n) is 3.57. The Morgan fingerprint density at radius 1 is 1.64 bits per heavy atom. The lowest BCUT2D eigenvalue weighted by Gasteiger charge is -2.04.